The van der Waals surface area contributed by atoms with E-state index in [4.69, 9.17) is 4.74 Å². The predicted octanol–water partition coefficient (Wildman–Crippen LogP) is 6.00. The zero-order valence-corrected chi connectivity index (χ0v) is 21.3. The number of aryl methyl sites for hydroxylation is 1. The summed E-state index contributed by atoms with van der Waals surface area (Å²) >= 11 is 0.909. The number of aromatic nitrogens is 1. The summed E-state index contributed by atoms with van der Waals surface area (Å²) in [4.78, 5) is 32.1. The first kappa shape index (κ1) is 25.3. The first-order valence-corrected chi connectivity index (χ1v) is 12.5. The third-order valence-corrected chi connectivity index (χ3v) is 7.11. The number of phenolic OH excluding ortho intramolecular Hbond substituents is 1. The summed E-state index contributed by atoms with van der Waals surface area (Å²) in [6.07, 6.45) is -0.0660. The molecule has 2 heterocycles. The minimum atomic E-state index is -1.11. The number of carbonyl (C=O) groups is 2. The van der Waals surface area contributed by atoms with Gasteiger partial charge in [-0.2, -0.15) is 0 Å². The molecule has 0 saturated carbocycles. The fourth-order valence-corrected chi connectivity index (χ4v) is 5.35. The van der Waals surface area contributed by atoms with Crippen LogP contribution in [0.5, 0.6) is 11.5 Å². The lowest BCUT2D eigenvalue weighted by Crippen LogP contribution is -2.29. The average Bonchev–Trinajstić information content (AvgIpc) is 3.38. The van der Waals surface area contributed by atoms with Crippen molar-refractivity contribution in [3.63, 3.8) is 0 Å². The van der Waals surface area contributed by atoms with E-state index in [1.807, 2.05) is 13.8 Å². The number of aliphatic hydroxyl groups is 1. The lowest BCUT2D eigenvalue weighted by molar-refractivity contribution is -0.132. The maximum Gasteiger partial charge on any atom is 0.301 e. The average molecular weight is 537 g/mol. The SMILES string of the molecule is Cc1cc(/C(O)=C2\C(=O)C(=O)N(c3nc4cc(F)c(F)cc4s3)C2c2ccc(O)cc2)ccc1OC(C)C. The van der Waals surface area contributed by atoms with Crippen molar-refractivity contribution in [3.8, 4) is 11.5 Å². The zero-order valence-electron chi connectivity index (χ0n) is 20.5. The van der Waals surface area contributed by atoms with E-state index in [9.17, 15) is 28.6 Å². The molecule has 5 rings (SSSR count). The van der Waals surface area contributed by atoms with E-state index in [2.05, 4.69) is 4.98 Å². The number of aliphatic hydroxyl groups excluding tert-OH is 1. The second-order valence-electron chi connectivity index (χ2n) is 9.14. The molecule has 1 fully saturated rings. The Labute approximate surface area is 220 Å². The predicted molar refractivity (Wildman–Crippen MR) is 139 cm³/mol. The third kappa shape index (κ3) is 4.37. The molecule has 38 heavy (non-hydrogen) atoms. The molecular formula is C28H22F2N2O5S. The Bertz CT molecular complexity index is 1590. The lowest BCUT2D eigenvalue weighted by atomic mass is 9.95. The summed E-state index contributed by atoms with van der Waals surface area (Å²) in [7, 11) is 0. The molecule has 1 aliphatic rings. The second kappa shape index (κ2) is 9.53. The number of ether oxygens (including phenoxy) is 1. The molecular weight excluding hydrogens is 514 g/mol. The molecule has 3 aromatic carbocycles. The highest BCUT2D eigenvalue weighted by Gasteiger charge is 2.48. The van der Waals surface area contributed by atoms with Gasteiger partial charge in [0.25, 0.3) is 5.78 Å². The van der Waals surface area contributed by atoms with E-state index in [0.717, 1.165) is 28.4 Å². The number of rotatable bonds is 5. The van der Waals surface area contributed by atoms with Gasteiger partial charge in [-0.1, -0.05) is 23.5 Å². The Balaban J connectivity index is 1.68. The fraction of sp³-hybridized carbons (Fsp3) is 0.179. The van der Waals surface area contributed by atoms with E-state index in [-0.39, 0.29) is 32.8 Å². The summed E-state index contributed by atoms with van der Waals surface area (Å²) in [6, 6.07) is 11.5. The van der Waals surface area contributed by atoms with Crippen molar-refractivity contribution in [2.75, 3.05) is 4.90 Å². The van der Waals surface area contributed by atoms with E-state index >= 15 is 0 Å². The van der Waals surface area contributed by atoms with Crippen LogP contribution >= 0.6 is 11.3 Å². The van der Waals surface area contributed by atoms with Gasteiger partial charge in [-0.15, -0.1) is 0 Å². The maximum absolute atomic E-state index is 13.8. The van der Waals surface area contributed by atoms with Gasteiger partial charge in [0.05, 0.1) is 27.9 Å². The Morgan fingerprint density at radius 3 is 2.39 bits per heavy atom. The maximum atomic E-state index is 13.8. The van der Waals surface area contributed by atoms with Gasteiger partial charge in [0.15, 0.2) is 16.8 Å². The van der Waals surface area contributed by atoms with Crippen LogP contribution in [-0.2, 0) is 9.59 Å². The van der Waals surface area contributed by atoms with Crippen molar-refractivity contribution in [2.45, 2.75) is 32.9 Å². The molecule has 0 aliphatic carbocycles. The van der Waals surface area contributed by atoms with Crippen LogP contribution in [0.15, 0.2) is 60.2 Å². The molecule has 0 spiro atoms. The van der Waals surface area contributed by atoms with Crippen molar-refractivity contribution in [1.82, 2.24) is 4.98 Å². The van der Waals surface area contributed by atoms with Crippen LogP contribution in [0, 0.1) is 18.6 Å². The molecule has 10 heteroatoms. The summed E-state index contributed by atoms with van der Waals surface area (Å²) in [6.45, 7) is 5.57. The third-order valence-electron chi connectivity index (χ3n) is 6.09. The standard InChI is InChI=1S/C28H22F2N2O5S/c1-13(2)37-21-9-6-16(10-14(21)3)25(34)23-24(15-4-7-17(33)8-5-15)32(27(36)26(23)35)28-31-20-11-18(29)19(30)12-22(20)38-28/h4-13,24,33-34H,1-3H3/b25-23+. The molecule has 1 amide bonds. The normalized spacial score (nSPS) is 17.1. The zero-order chi connectivity index (χ0) is 27.3. The summed E-state index contributed by atoms with van der Waals surface area (Å²) in [5.74, 6) is -3.88. The number of phenols is 1. The smallest absolute Gasteiger partial charge is 0.301 e. The molecule has 1 saturated heterocycles. The van der Waals surface area contributed by atoms with E-state index in [1.165, 1.54) is 24.3 Å². The van der Waals surface area contributed by atoms with Gasteiger partial charge in [-0.3, -0.25) is 14.5 Å². The van der Waals surface area contributed by atoms with Gasteiger partial charge >= 0.3 is 5.91 Å². The topological polar surface area (TPSA) is 100.0 Å². The van der Waals surface area contributed by atoms with Gasteiger partial charge < -0.3 is 14.9 Å². The van der Waals surface area contributed by atoms with E-state index in [1.54, 1.807) is 25.1 Å². The highest BCUT2D eigenvalue weighted by molar-refractivity contribution is 7.22. The van der Waals surface area contributed by atoms with Gasteiger partial charge in [0.2, 0.25) is 0 Å². The quantitative estimate of drug-likeness (QED) is 0.184. The van der Waals surface area contributed by atoms with Crippen LogP contribution in [0.25, 0.3) is 16.0 Å². The van der Waals surface area contributed by atoms with Crippen molar-refractivity contribution in [2.24, 2.45) is 0 Å². The highest BCUT2D eigenvalue weighted by Crippen LogP contribution is 2.45. The van der Waals surface area contributed by atoms with Crippen molar-refractivity contribution in [1.29, 1.82) is 0 Å². The van der Waals surface area contributed by atoms with Crippen molar-refractivity contribution >= 4 is 44.1 Å². The lowest BCUT2D eigenvalue weighted by Gasteiger charge is -2.23. The van der Waals surface area contributed by atoms with Crippen LogP contribution in [-0.4, -0.2) is 33.0 Å². The molecule has 1 aliphatic heterocycles. The Morgan fingerprint density at radius 1 is 1.05 bits per heavy atom. The minimum absolute atomic E-state index is 0.0288. The van der Waals surface area contributed by atoms with E-state index in [0.29, 0.717) is 22.4 Å². The monoisotopic (exact) mass is 536 g/mol. The van der Waals surface area contributed by atoms with Crippen LogP contribution in [0.4, 0.5) is 13.9 Å². The molecule has 1 atom stereocenters. The van der Waals surface area contributed by atoms with Gasteiger partial charge in [0.1, 0.15) is 17.3 Å². The number of hydrogen-bond acceptors (Lipinski definition) is 7. The number of aromatic hydroxyl groups is 1. The Hall–Kier alpha value is -4.31. The summed E-state index contributed by atoms with van der Waals surface area (Å²) < 4.78 is 33.7. The van der Waals surface area contributed by atoms with Crippen LogP contribution < -0.4 is 9.64 Å². The molecule has 1 unspecified atom stereocenters. The number of ketones is 1. The molecule has 0 bridgehead atoms. The van der Waals surface area contributed by atoms with Crippen molar-refractivity contribution < 1.29 is 33.3 Å². The number of hydrogen-bond donors (Lipinski definition) is 2. The number of halogens is 2. The van der Waals surface area contributed by atoms with Crippen molar-refractivity contribution in [3.05, 3.63) is 88.5 Å². The number of benzene rings is 3. The molecule has 0 radical (unpaired) electrons. The molecule has 194 valence electrons. The number of fused-ring (bicyclic) bond motifs is 1. The number of carbonyl (C=O) groups excluding carboxylic acids is 2. The summed E-state index contributed by atoms with van der Waals surface area (Å²) in [5, 5.41) is 21.2. The highest BCUT2D eigenvalue weighted by atomic mass is 32.1. The van der Waals surface area contributed by atoms with Gasteiger partial charge in [-0.05, 0) is 68.3 Å². The first-order chi connectivity index (χ1) is 18.0. The number of nitrogens with zero attached hydrogens (tertiary/aromatic N) is 2. The van der Waals surface area contributed by atoms with Crippen LogP contribution in [0.3, 0.4) is 0 Å². The molecule has 1 aromatic heterocycles. The van der Waals surface area contributed by atoms with Crippen LogP contribution in [0.1, 0.15) is 36.6 Å². The minimum Gasteiger partial charge on any atom is -0.508 e. The second-order valence-corrected chi connectivity index (χ2v) is 10.1. The number of amides is 1. The molecule has 7 nitrogen and oxygen atoms in total. The molecule has 2 N–H and O–H groups in total. The Kier molecular flexibility index (Phi) is 6.36. The van der Waals surface area contributed by atoms with Gasteiger partial charge in [-0.25, -0.2) is 13.8 Å². The fourth-order valence-electron chi connectivity index (χ4n) is 4.35. The number of anilines is 1. The Morgan fingerprint density at radius 2 is 1.74 bits per heavy atom. The number of Topliss-reactive ketones (excluding diaryl/α,β-unsaturated/α-hetero) is 1. The van der Waals surface area contributed by atoms with Crippen LogP contribution in [0.2, 0.25) is 0 Å². The molecule has 4 aromatic rings. The number of thiazole rings is 1. The van der Waals surface area contributed by atoms with Gasteiger partial charge in [0, 0.05) is 11.6 Å². The summed E-state index contributed by atoms with van der Waals surface area (Å²) in [5.41, 5.74) is 1.36. The largest absolute Gasteiger partial charge is 0.508 e. The first-order valence-electron chi connectivity index (χ1n) is 11.7. The van der Waals surface area contributed by atoms with E-state index < -0.39 is 35.1 Å².